The molecule has 0 fully saturated rings. The Hall–Kier alpha value is -8.74. The number of benzene rings is 9. The van der Waals surface area contributed by atoms with Crippen LogP contribution < -0.4 is 0 Å². The Balaban J connectivity index is 1.22. The van der Waals surface area contributed by atoms with Crippen LogP contribution in [0.15, 0.2) is 218 Å². The minimum absolute atomic E-state index is 0.0793. The molecule has 9 aromatic carbocycles. The molecule has 0 radical (unpaired) electrons. The highest BCUT2D eigenvalue weighted by molar-refractivity contribution is 6.13. The zero-order chi connectivity index (χ0) is 48.8. The van der Waals surface area contributed by atoms with Crippen LogP contribution in [-0.4, -0.2) is 28.2 Å². The highest BCUT2D eigenvalue weighted by Crippen LogP contribution is 2.43. The van der Waals surface area contributed by atoms with Crippen LogP contribution >= 0.6 is 0 Å². The summed E-state index contributed by atoms with van der Waals surface area (Å²) in [7, 11) is 0. The van der Waals surface area contributed by atoms with Gasteiger partial charge in [-0.1, -0.05) is 152 Å². The van der Waals surface area contributed by atoms with Gasteiger partial charge in [-0.25, -0.2) is 4.98 Å². The van der Waals surface area contributed by atoms with Gasteiger partial charge in [0.1, 0.15) is 5.82 Å². The van der Waals surface area contributed by atoms with E-state index in [4.69, 9.17) is 15.5 Å². The van der Waals surface area contributed by atoms with Gasteiger partial charge >= 0.3 is 0 Å². The van der Waals surface area contributed by atoms with Gasteiger partial charge in [0, 0.05) is 54.7 Å². The third-order valence-corrected chi connectivity index (χ3v) is 12.7. The van der Waals surface area contributed by atoms with Crippen LogP contribution in [0.25, 0.3) is 122 Å². The Kier molecular flexibility index (Phi) is 5.85. The lowest BCUT2D eigenvalue weighted by Gasteiger charge is -2.21. The molecule has 0 unspecified atom stereocenters. The van der Waals surface area contributed by atoms with E-state index in [9.17, 15) is 5.48 Å². The zero-order valence-corrected chi connectivity index (χ0v) is 33.8. The SMILES string of the molecule is [2H]c1c([2H])c([2H])c2c(c1[2H])c1ccccc1n2-c1cc(-c2c(-n3c4ccccc4c4ccccc43)cccc2-n2c3ccccc3c3ccccc32)nc(-n2c3ccccc3c3c([2H])c([2H])c([2H])c([2H])c32)n1. The maximum Gasteiger partial charge on any atom is 0.237 e. The van der Waals surface area contributed by atoms with Gasteiger partial charge in [-0.05, 0) is 60.6 Å². The summed E-state index contributed by atoms with van der Waals surface area (Å²) in [5.74, 6) is 0.346. The summed E-state index contributed by atoms with van der Waals surface area (Å²) in [6.07, 6.45) is 0. The maximum absolute atomic E-state index is 9.48. The Labute approximate surface area is 378 Å². The summed E-state index contributed by atoms with van der Waals surface area (Å²) >= 11 is 0. The molecule has 0 saturated heterocycles. The third kappa shape index (κ3) is 4.85. The van der Waals surface area contributed by atoms with Crippen LogP contribution in [0.1, 0.15) is 11.0 Å². The molecule has 14 aromatic rings. The van der Waals surface area contributed by atoms with Gasteiger partial charge in [-0.15, -0.1) is 0 Å². The molecular formula is C58H36N6. The predicted molar refractivity (Wildman–Crippen MR) is 265 cm³/mol. The van der Waals surface area contributed by atoms with Gasteiger partial charge in [0.25, 0.3) is 0 Å². The topological polar surface area (TPSA) is 45.5 Å². The standard InChI is InChI=1S/C58H36N6/c1-9-26-46-37(18-1)38-19-2-10-27-47(38)61(46)54-34-17-35-55(62-48-28-11-3-20-39(48)40-21-4-12-29-49(40)62)57(54)45-36-56(63-50-30-13-5-22-41(50)42-23-6-14-31-51(42)63)60-58(59-45)64-52-32-15-7-24-43(52)44-25-8-16-33-53(44)64/h1-36H/i5D,7D,13D,15D,22D,24D,30D,32D. The lowest BCUT2D eigenvalue weighted by molar-refractivity contribution is 0.950. The molecule has 0 amide bonds. The number of nitrogens with zero attached hydrogens (tertiary/aromatic N) is 6. The van der Waals surface area contributed by atoms with E-state index in [1.807, 2.05) is 103 Å². The van der Waals surface area contributed by atoms with Gasteiger partial charge in [0.05, 0.1) is 72.2 Å². The van der Waals surface area contributed by atoms with E-state index in [-0.39, 0.29) is 59.1 Å². The molecule has 0 saturated carbocycles. The van der Waals surface area contributed by atoms with E-state index < -0.39 is 12.1 Å². The Bertz CT molecular complexity index is 4300. The van der Waals surface area contributed by atoms with Crippen molar-refractivity contribution in [3.8, 4) is 34.4 Å². The average molecular weight is 825 g/mol. The second-order valence-electron chi connectivity index (χ2n) is 16.0. The quantitative estimate of drug-likeness (QED) is 0.174. The highest BCUT2D eigenvalue weighted by Gasteiger charge is 2.25. The molecule has 64 heavy (non-hydrogen) atoms. The van der Waals surface area contributed by atoms with Crippen molar-refractivity contribution in [3.05, 3.63) is 218 Å². The monoisotopic (exact) mass is 824 g/mol. The van der Waals surface area contributed by atoms with Crippen LogP contribution in [0.3, 0.4) is 0 Å². The number of rotatable bonds is 5. The van der Waals surface area contributed by atoms with Crippen molar-refractivity contribution < 1.29 is 11.0 Å². The minimum atomic E-state index is -0.406. The maximum atomic E-state index is 9.48. The molecule has 0 aliphatic heterocycles. The smallest absolute Gasteiger partial charge is 0.237 e. The molecule has 0 aliphatic rings. The third-order valence-electron chi connectivity index (χ3n) is 12.7. The van der Waals surface area contributed by atoms with Crippen molar-refractivity contribution in [1.29, 1.82) is 0 Å². The van der Waals surface area contributed by atoms with Crippen LogP contribution in [0.4, 0.5) is 0 Å². The number of fused-ring (bicyclic) bond motifs is 12. The Morgan fingerprint density at radius 2 is 0.672 bits per heavy atom. The molecule has 14 rings (SSSR count). The molecule has 5 heterocycles. The van der Waals surface area contributed by atoms with Crippen LogP contribution in [0.5, 0.6) is 0 Å². The van der Waals surface area contributed by atoms with Crippen molar-refractivity contribution in [2.75, 3.05) is 0 Å². The summed E-state index contributed by atoms with van der Waals surface area (Å²) in [5, 5.41) is 6.07. The van der Waals surface area contributed by atoms with Gasteiger partial charge in [-0.3, -0.25) is 9.13 Å². The summed E-state index contributed by atoms with van der Waals surface area (Å²) in [5.41, 5.74) is 8.10. The van der Waals surface area contributed by atoms with Crippen LogP contribution in [0, 0.1) is 0 Å². The molecule has 6 nitrogen and oxygen atoms in total. The minimum Gasteiger partial charge on any atom is -0.308 e. The number of hydrogen-bond donors (Lipinski definition) is 0. The van der Waals surface area contributed by atoms with Crippen molar-refractivity contribution in [2.24, 2.45) is 0 Å². The molecule has 0 aliphatic carbocycles. The second-order valence-corrected chi connectivity index (χ2v) is 16.0. The molecular weight excluding hydrogens is 781 g/mol. The fourth-order valence-electron chi connectivity index (χ4n) is 10.1. The first-order valence-electron chi connectivity index (χ1n) is 25.1. The van der Waals surface area contributed by atoms with Gasteiger partial charge in [-0.2, -0.15) is 4.98 Å². The van der Waals surface area contributed by atoms with E-state index in [0.29, 0.717) is 43.8 Å². The van der Waals surface area contributed by atoms with Crippen molar-refractivity contribution in [1.82, 2.24) is 28.2 Å². The van der Waals surface area contributed by atoms with Gasteiger partial charge < -0.3 is 9.13 Å². The lowest BCUT2D eigenvalue weighted by Crippen LogP contribution is -2.10. The molecule has 6 heteroatoms. The summed E-state index contributed by atoms with van der Waals surface area (Å²) in [6.45, 7) is 0. The second kappa shape index (κ2) is 13.4. The fraction of sp³-hybridized carbons (Fsp3) is 0. The summed E-state index contributed by atoms with van der Waals surface area (Å²) in [6, 6.07) is 53.7. The van der Waals surface area contributed by atoms with Crippen molar-refractivity contribution in [3.63, 3.8) is 0 Å². The normalized spacial score (nSPS) is 13.8. The predicted octanol–water partition coefficient (Wildman–Crippen LogP) is 14.5. The first kappa shape index (κ1) is 28.0. The molecule has 0 bridgehead atoms. The average Bonchev–Trinajstić information content (AvgIpc) is 4.16. The molecule has 0 atom stereocenters. The molecule has 5 aromatic heterocycles. The lowest BCUT2D eigenvalue weighted by atomic mass is 10.0. The van der Waals surface area contributed by atoms with Gasteiger partial charge in [0.15, 0.2) is 0 Å². The summed E-state index contributed by atoms with van der Waals surface area (Å²) < 4.78 is 80.8. The zero-order valence-electron chi connectivity index (χ0n) is 41.8. The van der Waals surface area contributed by atoms with Gasteiger partial charge in [0.2, 0.25) is 5.95 Å². The summed E-state index contributed by atoms with van der Waals surface area (Å²) in [4.78, 5) is 11.0. The van der Waals surface area contributed by atoms with Crippen molar-refractivity contribution >= 4 is 87.2 Å². The Morgan fingerprint density at radius 1 is 0.312 bits per heavy atom. The number of hydrogen-bond acceptors (Lipinski definition) is 2. The Morgan fingerprint density at radius 3 is 1.12 bits per heavy atom. The first-order chi connectivity index (χ1) is 35.1. The van der Waals surface area contributed by atoms with E-state index in [1.165, 1.54) is 0 Å². The number of para-hydroxylation sites is 8. The molecule has 0 N–H and O–H groups in total. The van der Waals surface area contributed by atoms with E-state index >= 15 is 0 Å². The highest BCUT2D eigenvalue weighted by atomic mass is 15.2. The number of aromatic nitrogens is 6. The van der Waals surface area contributed by atoms with Crippen LogP contribution in [0.2, 0.25) is 0 Å². The molecule has 0 spiro atoms. The molecule has 298 valence electrons. The first-order valence-corrected chi connectivity index (χ1v) is 21.1. The largest absolute Gasteiger partial charge is 0.308 e. The fourth-order valence-corrected chi connectivity index (χ4v) is 10.1. The van der Waals surface area contributed by atoms with E-state index in [2.05, 4.69) is 75.9 Å². The van der Waals surface area contributed by atoms with E-state index in [0.717, 1.165) is 55.0 Å². The van der Waals surface area contributed by atoms with Crippen molar-refractivity contribution in [2.45, 2.75) is 0 Å². The van der Waals surface area contributed by atoms with E-state index in [1.54, 1.807) is 9.13 Å². The van der Waals surface area contributed by atoms with Crippen LogP contribution in [-0.2, 0) is 0 Å².